The number of nitrogens with zero attached hydrogens (tertiary/aromatic N) is 1. The highest BCUT2D eigenvalue weighted by Gasteiger charge is 2.38. The molecule has 2 aromatic rings. The van der Waals surface area contributed by atoms with E-state index >= 15 is 0 Å². The summed E-state index contributed by atoms with van der Waals surface area (Å²) in [6.07, 6.45) is 2.02. The second-order valence-corrected chi connectivity index (χ2v) is 9.67. The first-order chi connectivity index (χ1) is 14.8. The van der Waals surface area contributed by atoms with Gasteiger partial charge < -0.3 is 14.8 Å². The molecule has 0 aromatic heterocycles. The Morgan fingerprint density at radius 3 is 2.45 bits per heavy atom. The first-order valence-electron chi connectivity index (χ1n) is 10.4. The van der Waals surface area contributed by atoms with Gasteiger partial charge in [-0.2, -0.15) is 4.31 Å². The Hall–Kier alpha value is -2.58. The molecule has 168 valence electrons. The molecular weight excluding hydrogens is 416 g/mol. The molecule has 1 N–H and O–H groups in total. The fourth-order valence-electron chi connectivity index (χ4n) is 3.87. The van der Waals surface area contributed by atoms with Gasteiger partial charge in [0.2, 0.25) is 15.9 Å². The van der Waals surface area contributed by atoms with Crippen LogP contribution in [0, 0.1) is 6.92 Å². The minimum absolute atomic E-state index is 0.209. The van der Waals surface area contributed by atoms with Crippen molar-refractivity contribution in [2.24, 2.45) is 0 Å². The zero-order chi connectivity index (χ0) is 22.6. The highest BCUT2D eigenvalue weighted by Crippen LogP contribution is 2.30. The summed E-state index contributed by atoms with van der Waals surface area (Å²) in [7, 11) is -0.629. The summed E-state index contributed by atoms with van der Waals surface area (Å²) in [5.74, 6) is 0.965. The summed E-state index contributed by atoms with van der Waals surface area (Å²) in [6, 6.07) is 11.0. The molecule has 0 radical (unpaired) electrons. The number of sulfonamides is 1. The largest absolute Gasteiger partial charge is 0.497 e. The molecule has 0 bridgehead atoms. The molecule has 0 saturated carbocycles. The van der Waals surface area contributed by atoms with E-state index in [9.17, 15) is 13.2 Å². The zero-order valence-corrected chi connectivity index (χ0v) is 19.2. The number of ether oxygens (including phenoxy) is 2. The molecule has 7 nitrogen and oxygen atoms in total. The van der Waals surface area contributed by atoms with Gasteiger partial charge in [0, 0.05) is 12.1 Å². The fraction of sp³-hybridized carbons (Fsp3) is 0.435. The van der Waals surface area contributed by atoms with Gasteiger partial charge in [-0.3, -0.25) is 4.79 Å². The van der Waals surface area contributed by atoms with E-state index < -0.39 is 16.1 Å². The molecule has 0 spiro atoms. The van der Waals surface area contributed by atoms with E-state index in [0.29, 0.717) is 24.5 Å². The molecule has 2 aromatic carbocycles. The van der Waals surface area contributed by atoms with Crippen LogP contribution in [-0.2, 0) is 14.8 Å². The molecule has 8 heteroatoms. The summed E-state index contributed by atoms with van der Waals surface area (Å²) >= 11 is 0. The number of rotatable bonds is 7. The van der Waals surface area contributed by atoms with E-state index in [4.69, 9.17) is 9.47 Å². The maximum atomic E-state index is 13.3. The Morgan fingerprint density at radius 1 is 1.10 bits per heavy atom. The molecule has 1 aliphatic rings. The predicted octanol–water partition coefficient (Wildman–Crippen LogP) is 3.43. The number of methoxy groups -OCH3 is 2. The van der Waals surface area contributed by atoms with Crippen molar-refractivity contribution in [3.05, 3.63) is 53.6 Å². The number of carbonyl (C=O) groups excluding carboxylic acids is 1. The third kappa shape index (κ3) is 5.02. The molecule has 0 unspecified atom stereocenters. The third-order valence-corrected chi connectivity index (χ3v) is 7.57. The van der Waals surface area contributed by atoms with Crippen molar-refractivity contribution in [3.8, 4) is 11.5 Å². The summed E-state index contributed by atoms with van der Waals surface area (Å²) in [5, 5.41) is 2.97. The number of benzene rings is 2. The second kappa shape index (κ2) is 9.70. The molecule has 2 atom stereocenters. The van der Waals surface area contributed by atoms with Crippen molar-refractivity contribution in [2.75, 3.05) is 20.8 Å². The van der Waals surface area contributed by atoms with Gasteiger partial charge in [-0.05, 0) is 57.0 Å². The lowest BCUT2D eigenvalue weighted by Crippen LogP contribution is -2.52. The minimum Gasteiger partial charge on any atom is -0.497 e. The first-order valence-corrected chi connectivity index (χ1v) is 11.8. The quantitative estimate of drug-likeness (QED) is 0.704. The summed E-state index contributed by atoms with van der Waals surface area (Å²) in [6.45, 7) is 4.07. The van der Waals surface area contributed by atoms with Gasteiger partial charge in [0.1, 0.15) is 17.5 Å². The summed E-state index contributed by atoms with van der Waals surface area (Å²) in [5.41, 5.74) is 1.74. The molecule has 1 heterocycles. The predicted molar refractivity (Wildman–Crippen MR) is 119 cm³/mol. The van der Waals surface area contributed by atoms with E-state index in [2.05, 4.69) is 5.32 Å². The number of carbonyl (C=O) groups is 1. The van der Waals surface area contributed by atoms with Crippen LogP contribution in [0.4, 0.5) is 0 Å². The highest BCUT2D eigenvalue weighted by molar-refractivity contribution is 7.89. The second-order valence-electron chi connectivity index (χ2n) is 7.78. The molecule has 1 saturated heterocycles. The molecular formula is C23H30N2O5S. The molecule has 31 heavy (non-hydrogen) atoms. The average Bonchev–Trinajstić information content (AvgIpc) is 2.78. The van der Waals surface area contributed by atoms with Crippen molar-refractivity contribution < 1.29 is 22.7 Å². The lowest BCUT2D eigenvalue weighted by atomic mass is 10.0. The van der Waals surface area contributed by atoms with Gasteiger partial charge in [-0.15, -0.1) is 0 Å². The van der Waals surface area contributed by atoms with Crippen LogP contribution in [0.1, 0.15) is 43.4 Å². The standard InChI is InChI=1S/C23H30N2O5S/c1-16-8-11-19(12-9-16)31(27,28)25-14-6-5-7-21(25)23(26)24-17(2)20-15-18(29-3)10-13-22(20)30-4/h8-13,15,17,21H,5-7,14H2,1-4H3,(H,24,26)/t17-,21+/m0/s1. The monoisotopic (exact) mass is 446 g/mol. The van der Waals surface area contributed by atoms with Crippen LogP contribution in [0.5, 0.6) is 11.5 Å². The first kappa shape index (κ1) is 23.1. The molecule has 1 fully saturated rings. The van der Waals surface area contributed by atoms with Crippen LogP contribution in [0.3, 0.4) is 0 Å². The van der Waals surface area contributed by atoms with Gasteiger partial charge in [0.25, 0.3) is 0 Å². The molecule has 3 rings (SSSR count). The highest BCUT2D eigenvalue weighted by atomic mass is 32.2. The topological polar surface area (TPSA) is 84.9 Å². The Bertz CT molecular complexity index is 1020. The van der Waals surface area contributed by atoms with Gasteiger partial charge in [-0.25, -0.2) is 8.42 Å². The maximum absolute atomic E-state index is 13.3. The van der Waals surface area contributed by atoms with Crippen molar-refractivity contribution in [3.63, 3.8) is 0 Å². The van der Waals surface area contributed by atoms with Gasteiger partial charge in [0.15, 0.2) is 0 Å². The van der Waals surface area contributed by atoms with Gasteiger partial charge >= 0.3 is 0 Å². The smallest absolute Gasteiger partial charge is 0.243 e. The van der Waals surface area contributed by atoms with Crippen LogP contribution in [-0.4, -0.2) is 45.4 Å². The number of hydrogen-bond acceptors (Lipinski definition) is 5. The van der Waals surface area contributed by atoms with Gasteiger partial charge in [0.05, 0.1) is 25.2 Å². The number of aryl methyl sites for hydroxylation is 1. The minimum atomic E-state index is -3.77. The fourth-order valence-corrected chi connectivity index (χ4v) is 5.52. The van der Waals surface area contributed by atoms with Gasteiger partial charge in [-0.1, -0.05) is 24.1 Å². The van der Waals surface area contributed by atoms with E-state index in [1.165, 1.54) is 4.31 Å². The molecule has 1 aliphatic heterocycles. The molecule has 0 aliphatic carbocycles. The molecule has 1 amide bonds. The summed E-state index contributed by atoms with van der Waals surface area (Å²) < 4.78 is 38.6. The average molecular weight is 447 g/mol. The van der Waals surface area contributed by atoms with E-state index in [1.54, 1.807) is 50.6 Å². The zero-order valence-electron chi connectivity index (χ0n) is 18.4. The van der Waals surface area contributed by atoms with Crippen LogP contribution in [0.2, 0.25) is 0 Å². The Balaban J connectivity index is 1.83. The summed E-state index contributed by atoms with van der Waals surface area (Å²) in [4.78, 5) is 13.4. The van der Waals surface area contributed by atoms with Crippen molar-refractivity contribution in [1.29, 1.82) is 0 Å². The Labute approximate surface area is 184 Å². The van der Waals surface area contributed by atoms with E-state index in [-0.39, 0.29) is 16.8 Å². The van der Waals surface area contributed by atoms with E-state index in [0.717, 1.165) is 24.0 Å². The van der Waals surface area contributed by atoms with Crippen molar-refractivity contribution >= 4 is 15.9 Å². The van der Waals surface area contributed by atoms with Crippen LogP contribution in [0.25, 0.3) is 0 Å². The van der Waals surface area contributed by atoms with Crippen LogP contribution < -0.4 is 14.8 Å². The van der Waals surface area contributed by atoms with Crippen molar-refractivity contribution in [2.45, 2.75) is 50.1 Å². The normalized spacial score (nSPS) is 18.3. The van der Waals surface area contributed by atoms with Crippen molar-refractivity contribution in [1.82, 2.24) is 9.62 Å². The number of amides is 1. The maximum Gasteiger partial charge on any atom is 0.243 e. The van der Waals surface area contributed by atoms with E-state index in [1.807, 2.05) is 19.9 Å². The number of piperidine rings is 1. The SMILES string of the molecule is COc1ccc(OC)c([C@H](C)NC(=O)[C@H]2CCCCN2S(=O)(=O)c2ccc(C)cc2)c1. The lowest BCUT2D eigenvalue weighted by molar-refractivity contribution is -0.126. The third-order valence-electron chi connectivity index (χ3n) is 5.65. The van der Waals surface area contributed by atoms with Crippen LogP contribution >= 0.6 is 0 Å². The Morgan fingerprint density at radius 2 is 1.81 bits per heavy atom. The Kier molecular flexibility index (Phi) is 7.23. The lowest BCUT2D eigenvalue weighted by Gasteiger charge is -2.34. The number of hydrogen-bond donors (Lipinski definition) is 1. The number of nitrogens with one attached hydrogen (secondary N) is 1. The van der Waals surface area contributed by atoms with Crippen LogP contribution in [0.15, 0.2) is 47.4 Å².